The fraction of sp³-hybridized carbons (Fsp3) is 0.429. The topological polar surface area (TPSA) is 83.3 Å². The van der Waals surface area contributed by atoms with E-state index in [0.29, 0.717) is 11.5 Å². The average Bonchev–Trinajstić information content (AvgIpc) is 3.27. The summed E-state index contributed by atoms with van der Waals surface area (Å²) in [6.45, 7) is 4.20. The van der Waals surface area contributed by atoms with E-state index in [4.69, 9.17) is 9.73 Å². The standard InChI is InChI=1S/C21H25FN6O3/c1-13-11-14(2)28(24-13)20-23-18-17(27(20)12-15-7-5-6-8-16(15)22)19(29)26(9-10-31-4)21(30)25(18)3/h5-8,11,17-18H,9-10,12H2,1-4H3. The molecule has 2 unspecified atom stereocenters. The molecule has 0 bridgehead atoms. The van der Waals surface area contributed by atoms with Crippen LogP contribution in [0.5, 0.6) is 0 Å². The first kappa shape index (κ1) is 21.0. The number of nitrogens with zero attached hydrogens (tertiary/aromatic N) is 6. The average molecular weight is 428 g/mol. The van der Waals surface area contributed by atoms with Crippen molar-refractivity contribution >= 4 is 17.9 Å². The lowest BCUT2D eigenvalue weighted by molar-refractivity contribution is -0.138. The SMILES string of the molecule is COCCN1C(=O)C2C(N=C(n3nc(C)cc3C)N2Cc2ccccc2F)N(C)C1=O. The summed E-state index contributed by atoms with van der Waals surface area (Å²) >= 11 is 0. The Morgan fingerprint density at radius 3 is 2.58 bits per heavy atom. The summed E-state index contributed by atoms with van der Waals surface area (Å²) in [7, 11) is 3.12. The van der Waals surface area contributed by atoms with E-state index < -0.39 is 18.2 Å². The molecule has 9 nitrogen and oxygen atoms in total. The number of likely N-dealkylation sites (N-methyl/N-ethyl adjacent to an activating group) is 1. The van der Waals surface area contributed by atoms with Gasteiger partial charge in [0.25, 0.3) is 5.91 Å². The van der Waals surface area contributed by atoms with Gasteiger partial charge in [-0.15, -0.1) is 0 Å². The minimum atomic E-state index is -0.793. The lowest BCUT2D eigenvalue weighted by Crippen LogP contribution is -2.65. The molecule has 0 aliphatic carbocycles. The van der Waals surface area contributed by atoms with Crippen LogP contribution in [0.25, 0.3) is 0 Å². The molecule has 3 heterocycles. The number of methoxy groups -OCH3 is 1. The van der Waals surface area contributed by atoms with Crippen molar-refractivity contribution in [2.75, 3.05) is 27.3 Å². The molecule has 0 spiro atoms. The van der Waals surface area contributed by atoms with Crippen molar-refractivity contribution in [2.24, 2.45) is 4.99 Å². The molecule has 164 valence electrons. The number of carbonyl (C=O) groups is 2. The molecule has 2 atom stereocenters. The zero-order valence-electron chi connectivity index (χ0n) is 17.9. The van der Waals surface area contributed by atoms with Gasteiger partial charge >= 0.3 is 6.03 Å². The number of halogens is 1. The highest BCUT2D eigenvalue weighted by molar-refractivity contribution is 6.04. The molecule has 0 saturated carbocycles. The molecule has 31 heavy (non-hydrogen) atoms. The zero-order chi connectivity index (χ0) is 22.3. The minimum Gasteiger partial charge on any atom is -0.383 e. The highest BCUT2D eigenvalue weighted by atomic mass is 19.1. The first-order valence-electron chi connectivity index (χ1n) is 10.0. The molecule has 10 heteroatoms. The molecular formula is C21H25FN6O3. The molecule has 1 aromatic carbocycles. The van der Waals surface area contributed by atoms with E-state index in [-0.39, 0.29) is 31.4 Å². The monoisotopic (exact) mass is 428 g/mol. The third-order valence-corrected chi connectivity index (χ3v) is 5.59. The van der Waals surface area contributed by atoms with E-state index in [2.05, 4.69) is 5.10 Å². The Morgan fingerprint density at radius 1 is 1.19 bits per heavy atom. The van der Waals surface area contributed by atoms with Gasteiger partial charge in [-0.3, -0.25) is 9.69 Å². The number of imide groups is 1. The molecule has 1 saturated heterocycles. The number of aromatic nitrogens is 2. The number of urea groups is 1. The number of aryl methyl sites for hydroxylation is 2. The summed E-state index contributed by atoms with van der Waals surface area (Å²) in [5.41, 5.74) is 2.04. The normalized spacial score (nSPS) is 21.1. The van der Waals surface area contributed by atoms with Gasteiger partial charge in [-0.2, -0.15) is 5.10 Å². The molecule has 1 aromatic heterocycles. The van der Waals surface area contributed by atoms with Gasteiger partial charge in [0.05, 0.1) is 18.8 Å². The zero-order valence-corrected chi connectivity index (χ0v) is 17.9. The molecule has 4 rings (SSSR count). The molecule has 2 aromatic rings. The molecule has 3 amide bonds. The first-order chi connectivity index (χ1) is 14.8. The second kappa shape index (κ2) is 8.10. The van der Waals surface area contributed by atoms with Crippen molar-refractivity contribution in [1.29, 1.82) is 0 Å². The Hall–Kier alpha value is -3.27. The summed E-state index contributed by atoms with van der Waals surface area (Å²) in [5, 5.41) is 4.50. The number of rotatable bonds is 5. The van der Waals surface area contributed by atoms with Crippen LogP contribution in [0.2, 0.25) is 0 Å². The van der Waals surface area contributed by atoms with Crippen molar-refractivity contribution in [3.05, 3.63) is 53.1 Å². The highest BCUT2D eigenvalue weighted by Crippen LogP contribution is 2.30. The van der Waals surface area contributed by atoms with Crippen LogP contribution in [0.3, 0.4) is 0 Å². The molecule has 0 radical (unpaired) electrons. The van der Waals surface area contributed by atoms with E-state index in [0.717, 1.165) is 11.4 Å². The fourth-order valence-electron chi connectivity index (χ4n) is 4.04. The predicted molar refractivity (Wildman–Crippen MR) is 111 cm³/mol. The summed E-state index contributed by atoms with van der Waals surface area (Å²) in [6, 6.07) is 7.08. The molecule has 2 aliphatic rings. The number of hydrogen-bond donors (Lipinski definition) is 0. The summed E-state index contributed by atoms with van der Waals surface area (Å²) in [6.07, 6.45) is -0.732. The lowest BCUT2D eigenvalue weighted by atomic mass is 10.1. The van der Waals surface area contributed by atoms with Crippen LogP contribution < -0.4 is 0 Å². The number of hydrogen-bond acceptors (Lipinski definition) is 6. The lowest BCUT2D eigenvalue weighted by Gasteiger charge is -2.41. The fourth-order valence-corrected chi connectivity index (χ4v) is 4.04. The van der Waals surface area contributed by atoms with Crippen molar-refractivity contribution in [3.8, 4) is 0 Å². The Labute approximate surface area is 179 Å². The molecule has 0 N–H and O–H groups in total. The van der Waals surface area contributed by atoms with Gasteiger partial charge in [0.15, 0.2) is 12.2 Å². The van der Waals surface area contributed by atoms with Gasteiger partial charge in [0, 0.05) is 32.0 Å². The van der Waals surface area contributed by atoms with Gasteiger partial charge in [0.2, 0.25) is 5.96 Å². The Bertz CT molecular complexity index is 1050. The van der Waals surface area contributed by atoms with Gasteiger partial charge in [-0.25, -0.2) is 18.9 Å². The Balaban J connectivity index is 1.78. The van der Waals surface area contributed by atoms with Gasteiger partial charge in [-0.05, 0) is 26.0 Å². The van der Waals surface area contributed by atoms with Crippen LogP contribution in [0.15, 0.2) is 35.3 Å². The van der Waals surface area contributed by atoms with E-state index in [1.165, 1.54) is 23.0 Å². The molecule has 1 fully saturated rings. The maximum atomic E-state index is 14.5. The van der Waals surface area contributed by atoms with Crippen molar-refractivity contribution in [3.63, 3.8) is 0 Å². The third kappa shape index (κ3) is 3.56. The van der Waals surface area contributed by atoms with Crippen LogP contribution in [-0.2, 0) is 16.1 Å². The molecule has 2 aliphatic heterocycles. The Morgan fingerprint density at radius 2 is 1.94 bits per heavy atom. The maximum Gasteiger partial charge on any atom is 0.328 e. The minimum absolute atomic E-state index is 0.108. The van der Waals surface area contributed by atoms with Gasteiger partial charge in [-0.1, -0.05) is 18.2 Å². The number of ether oxygens (including phenoxy) is 1. The quantitative estimate of drug-likeness (QED) is 0.722. The number of fused-ring (bicyclic) bond motifs is 1. The van der Waals surface area contributed by atoms with Gasteiger partial charge < -0.3 is 14.5 Å². The first-order valence-corrected chi connectivity index (χ1v) is 10.0. The van der Waals surface area contributed by atoms with Crippen LogP contribution in [-0.4, -0.2) is 81.9 Å². The van der Waals surface area contributed by atoms with E-state index in [1.807, 2.05) is 19.9 Å². The highest BCUT2D eigenvalue weighted by Gasteiger charge is 2.52. The summed E-state index contributed by atoms with van der Waals surface area (Å²) in [4.78, 5) is 35.3. The maximum absolute atomic E-state index is 14.5. The van der Waals surface area contributed by atoms with Gasteiger partial charge in [0.1, 0.15) is 5.82 Å². The van der Waals surface area contributed by atoms with Crippen LogP contribution >= 0.6 is 0 Å². The van der Waals surface area contributed by atoms with E-state index >= 15 is 0 Å². The summed E-state index contributed by atoms with van der Waals surface area (Å²) < 4.78 is 21.2. The Kier molecular flexibility index (Phi) is 5.48. The van der Waals surface area contributed by atoms with E-state index in [9.17, 15) is 14.0 Å². The molecular weight excluding hydrogens is 403 g/mol. The van der Waals surface area contributed by atoms with Crippen LogP contribution in [0, 0.1) is 19.7 Å². The van der Waals surface area contributed by atoms with Crippen molar-refractivity contribution in [2.45, 2.75) is 32.6 Å². The number of benzene rings is 1. The largest absolute Gasteiger partial charge is 0.383 e. The van der Waals surface area contributed by atoms with Crippen molar-refractivity contribution < 1.29 is 18.7 Å². The smallest absolute Gasteiger partial charge is 0.328 e. The number of aliphatic imine (C=N–C) groups is 1. The van der Waals surface area contributed by atoms with Crippen LogP contribution in [0.4, 0.5) is 9.18 Å². The van der Waals surface area contributed by atoms with E-state index in [1.54, 1.807) is 34.8 Å². The number of carbonyl (C=O) groups excluding carboxylic acids is 2. The number of amides is 3. The van der Waals surface area contributed by atoms with Crippen molar-refractivity contribution in [1.82, 2.24) is 24.5 Å². The second-order valence-corrected chi connectivity index (χ2v) is 7.72. The third-order valence-electron chi connectivity index (χ3n) is 5.59. The summed E-state index contributed by atoms with van der Waals surface area (Å²) in [5.74, 6) is -0.352. The van der Waals surface area contributed by atoms with Crippen LogP contribution in [0.1, 0.15) is 17.0 Å². The second-order valence-electron chi connectivity index (χ2n) is 7.72. The predicted octanol–water partition coefficient (Wildman–Crippen LogP) is 1.59.